The number of aliphatic hydroxyl groups excluding tert-OH is 1. The third-order valence-electron chi connectivity index (χ3n) is 5.35. The van der Waals surface area contributed by atoms with Crippen LogP contribution in [0, 0.1) is 23.7 Å². The molecule has 0 amide bonds. The number of aryl methyl sites for hydroxylation is 1. The van der Waals surface area contributed by atoms with E-state index in [1.54, 1.807) is 0 Å². The molecule has 1 aromatic rings. The summed E-state index contributed by atoms with van der Waals surface area (Å²) in [5.74, 6) is 2.87. The molecule has 0 saturated heterocycles. The SMILES string of the molecule is CC1CC(C)CC(C2CCc3ccccc3C2O)C1. The molecule has 2 aliphatic carbocycles. The quantitative estimate of drug-likeness (QED) is 0.793. The smallest absolute Gasteiger partial charge is 0.0823 e. The maximum Gasteiger partial charge on any atom is 0.0823 e. The maximum absolute atomic E-state index is 10.7. The zero-order valence-corrected chi connectivity index (χ0v) is 12.2. The third-order valence-corrected chi connectivity index (χ3v) is 5.35. The summed E-state index contributed by atoms with van der Waals surface area (Å²) >= 11 is 0. The number of aliphatic hydroxyl groups is 1. The lowest BCUT2D eigenvalue weighted by Gasteiger charge is -2.41. The van der Waals surface area contributed by atoms with Crippen LogP contribution in [0.1, 0.15) is 56.8 Å². The van der Waals surface area contributed by atoms with Gasteiger partial charge in [0.05, 0.1) is 6.10 Å². The van der Waals surface area contributed by atoms with Gasteiger partial charge in [-0.05, 0) is 66.9 Å². The van der Waals surface area contributed by atoms with Gasteiger partial charge in [0.25, 0.3) is 0 Å². The van der Waals surface area contributed by atoms with Crippen LogP contribution in [-0.2, 0) is 6.42 Å². The Morgan fingerprint density at radius 1 is 1.00 bits per heavy atom. The molecule has 0 aliphatic heterocycles. The van der Waals surface area contributed by atoms with Gasteiger partial charge in [-0.15, -0.1) is 0 Å². The molecule has 1 aromatic carbocycles. The lowest BCUT2D eigenvalue weighted by molar-refractivity contribution is 0.0271. The Labute approximate surface area is 117 Å². The lowest BCUT2D eigenvalue weighted by atomic mass is 9.66. The molecule has 3 rings (SSSR count). The molecule has 0 heterocycles. The zero-order chi connectivity index (χ0) is 13.4. The summed E-state index contributed by atoms with van der Waals surface area (Å²) in [7, 11) is 0. The second-order valence-electron chi connectivity index (χ2n) is 7.02. The molecular weight excluding hydrogens is 232 g/mol. The normalized spacial score (nSPS) is 38.8. The first-order valence-electron chi connectivity index (χ1n) is 7.91. The standard InChI is InChI=1S/C18H26O/c1-12-9-13(2)11-15(10-12)17-8-7-14-5-3-4-6-16(14)18(17)19/h3-6,12-13,15,17-19H,7-11H2,1-2H3. The van der Waals surface area contributed by atoms with E-state index in [1.807, 2.05) is 0 Å². The largest absolute Gasteiger partial charge is 0.388 e. The highest BCUT2D eigenvalue weighted by Crippen LogP contribution is 2.45. The van der Waals surface area contributed by atoms with E-state index in [4.69, 9.17) is 0 Å². The molecule has 0 radical (unpaired) electrons. The maximum atomic E-state index is 10.7. The molecule has 2 aliphatic rings. The van der Waals surface area contributed by atoms with Gasteiger partial charge in [0.15, 0.2) is 0 Å². The van der Waals surface area contributed by atoms with E-state index < -0.39 is 0 Å². The molecule has 1 saturated carbocycles. The molecule has 19 heavy (non-hydrogen) atoms. The van der Waals surface area contributed by atoms with E-state index >= 15 is 0 Å². The first-order valence-corrected chi connectivity index (χ1v) is 7.91. The van der Waals surface area contributed by atoms with Crippen molar-refractivity contribution in [3.63, 3.8) is 0 Å². The molecule has 0 spiro atoms. The minimum atomic E-state index is -0.229. The highest BCUT2D eigenvalue weighted by Gasteiger charge is 2.36. The number of benzene rings is 1. The Morgan fingerprint density at radius 2 is 1.68 bits per heavy atom. The monoisotopic (exact) mass is 258 g/mol. The van der Waals surface area contributed by atoms with Gasteiger partial charge >= 0.3 is 0 Å². The van der Waals surface area contributed by atoms with Gasteiger partial charge in [0.1, 0.15) is 0 Å². The molecule has 1 fully saturated rings. The Bertz CT molecular complexity index is 429. The van der Waals surface area contributed by atoms with Crippen molar-refractivity contribution in [2.75, 3.05) is 0 Å². The van der Waals surface area contributed by atoms with Crippen molar-refractivity contribution in [2.45, 2.75) is 52.1 Å². The summed E-state index contributed by atoms with van der Waals surface area (Å²) in [5, 5.41) is 10.7. The summed E-state index contributed by atoms with van der Waals surface area (Å²) in [5.41, 5.74) is 2.56. The average Bonchev–Trinajstić information content (AvgIpc) is 2.38. The van der Waals surface area contributed by atoms with E-state index in [0.29, 0.717) is 5.92 Å². The molecule has 1 nitrogen and oxygen atoms in total. The van der Waals surface area contributed by atoms with Gasteiger partial charge < -0.3 is 5.11 Å². The summed E-state index contributed by atoms with van der Waals surface area (Å²) < 4.78 is 0. The van der Waals surface area contributed by atoms with Crippen molar-refractivity contribution in [1.82, 2.24) is 0 Å². The van der Waals surface area contributed by atoms with E-state index in [-0.39, 0.29) is 6.10 Å². The van der Waals surface area contributed by atoms with Crippen LogP contribution in [0.15, 0.2) is 24.3 Å². The van der Waals surface area contributed by atoms with Gasteiger partial charge in [-0.1, -0.05) is 38.1 Å². The van der Waals surface area contributed by atoms with Crippen LogP contribution in [-0.4, -0.2) is 5.11 Å². The molecule has 0 aromatic heterocycles. The van der Waals surface area contributed by atoms with Crippen molar-refractivity contribution in [1.29, 1.82) is 0 Å². The van der Waals surface area contributed by atoms with Crippen molar-refractivity contribution in [3.05, 3.63) is 35.4 Å². The molecular formula is C18H26O. The number of hydrogen-bond donors (Lipinski definition) is 1. The van der Waals surface area contributed by atoms with Crippen LogP contribution in [0.5, 0.6) is 0 Å². The molecule has 0 bridgehead atoms. The highest BCUT2D eigenvalue weighted by molar-refractivity contribution is 5.32. The van der Waals surface area contributed by atoms with Gasteiger partial charge in [-0.25, -0.2) is 0 Å². The predicted molar refractivity (Wildman–Crippen MR) is 78.9 cm³/mol. The van der Waals surface area contributed by atoms with Gasteiger partial charge in [0, 0.05) is 0 Å². The molecule has 1 N–H and O–H groups in total. The summed E-state index contributed by atoms with van der Waals surface area (Å²) in [6.07, 6.45) is 6.09. The summed E-state index contributed by atoms with van der Waals surface area (Å²) in [4.78, 5) is 0. The van der Waals surface area contributed by atoms with Crippen LogP contribution < -0.4 is 0 Å². The molecule has 4 unspecified atom stereocenters. The van der Waals surface area contributed by atoms with E-state index in [9.17, 15) is 5.11 Å². The van der Waals surface area contributed by atoms with Crippen molar-refractivity contribution in [2.24, 2.45) is 23.7 Å². The highest BCUT2D eigenvalue weighted by atomic mass is 16.3. The van der Waals surface area contributed by atoms with Crippen LogP contribution in [0.2, 0.25) is 0 Å². The van der Waals surface area contributed by atoms with E-state index in [2.05, 4.69) is 38.1 Å². The van der Waals surface area contributed by atoms with Crippen LogP contribution in [0.4, 0.5) is 0 Å². The fourth-order valence-corrected chi connectivity index (χ4v) is 4.61. The Balaban J connectivity index is 1.80. The van der Waals surface area contributed by atoms with Gasteiger partial charge in [-0.2, -0.15) is 0 Å². The van der Waals surface area contributed by atoms with Crippen LogP contribution >= 0.6 is 0 Å². The fraction of sp³-hybridized carbons (Fsp3) is 0.667. The third kappa shape index (κ3) is 2.58. The van der Waals surface area contributed by atoms with Gasteiger partial charge in [0.2, 0.25) is 0 Å². The summed E-state index contributed by atoms with van der Waals surface area (Å²) in [6.45, 7) is 4.76. The van der Waals surface area contributed by atoms with Crippen LogP contribution in [0.3, 0.4) is 0 Å². The first kappa shape index (κ1) is 13.2. The lowest BCUT2D eigenvalue weighted by Crippen LogP contribution is -2.32. The first-order chi connectivity index (χ1) is 9.15. The number of hydrogen-bond acceptors (Lipinski definition) is 1. The van der Waals surface area contributed by atoms with Crippen molar-refractivity contribution < 1.29 is 5.11 Å². The summed E-state index contributed by atoms with van der Waals surface area (Å²) in [6, 6.07) is 8.47. The number of fused-ring (bicyclic) bond motifs is 1. The van der Waals surface area contributed by atoms with Gasteiger partial charge in [-0.3, -0.25) is 0 Å². The minimum Gasteiger partial charge on any atom is -0.388 e. The molecule has 104 valence electrons. The molecule has 4 atom stereocenters. The zero-order valence-electron chi connectivity index (χ0n) is 12.2. The fourth-order valence-electron chi connectivity index (χ4n) is 4.61. The van der Waals surface area contributed by atoms with Crippen LogP contribution in [0.25, 0.3) is 0 Å². The molecule has 1 heteroatoms. The minimum absolute atomic E-state index is 0.229. The number of rotatable bonds is 1. The van der Waals surface area contributed by atoms with E-state index in [1.165, 1.54) is 36.8 Å². The Kier molecular flexibility index (Phi) is 3.66. The topological polar surface area (TPSA) is 20.2 Å². The Morgan fingerprint density at radius 3 is 2.42 bits per heavy atom. The Hall–Kier alpha value is -0.820. The average molecular weight is 258 g/mol. The second-order valence-corrected chi connectivity index (χ2v) is 7.02. The van der Waals surface area contributed by atoms with Crippen molar-refractivity contribution in [3.8, 4) is 0 Å². The van der Waals surface area contributed by atoms with E-state index in [0.717, 1.165) is 24.2 Å². The predicted octanol–water partition coefficient (Wildman–Crippen LogP) is 4.35. The second kappa shape index (κ2) is 5.28. The van der Waals surface area contributed by atoms with Crippen molar-refractivity contribution >= 4 is 0 Å².